The van der Waals surface area contributed by atoms with E-state index in [9.17, 15) is 4.79 Å². The van der Waals surface area contributed by atoms with Crippen LogP contribution < -0.4 is 5.32 Å². The molecule has 2 heterocycles. The lowest BCUT2D eigenvalue weighted by Gasteiger charge is -2.10. The van der Waals surface area contributed by atoms with Gasteiger partial charge in [-0.2, -0.15) is 0 Å². The van der Waals surface area contributed by atoms with Crippen molar-refractivity contribution in [3.8, 4) is 16.4 Å². The van der Waals surface area contributed by atoms with Crippen LogP contribution >= 0.6 is 46.3 Å². The van der Waals surface area contributed by atoms with E-state index in [0.29, 0.717) is 20.9 Å². The molecule has 0 unspecified atom stereocenters. The highest BCUT2D eigenvalue weighted by Gasteiger charge is 2.18. The standard InChI is InChI=1S/C20H14Cl2N4OS2/c21-14-8-4-9-15(22)18(14)23-17(27)12-29-20-25-24-19(16-10-5-11-28-16)26(20)13-6-2-1-3-7-13/h1-11H,12H2,(H,23,27). The van der Waals surface area contributed by atoms with E-state index in [1.54, 1.807) is 29.5 Å². The number of hydrogen-bond acceptors (Lipinski definition) is 5. The minimum atomic E-state index is -0.231. The van der Waals surface area contributed by atoms with E-state index in [-0.39, 0.29) is 11.7 Å². The number of carbonyl (C=O) groups excluding carboxylic acids is 1. The van der Waals surface area contributed by atoms with Gasteiger partial charge >= 0.3 is 0 Å². The molecular weight excluding hydrogens is 447 g/mol. The van der Waals surface area contributed by atoms with Crippen molar-refractivity contribution in [1.29, 1.82) is 0 Å². The maximum absolute atomic E-state index is 12.5. The molecule has 1 N–H and O–H groups in total. The molecule has 2 aromatic carbocycles. The molecule has 0 radical (unpaired) electrons. The van der Waals surface area contributed by atoms with Crippen LogP contribution in [0.5, 0.6) is 0 Å². The van der Waals surface area contributed by atoms with E-state index in [1.165, 1.54) is 11.8 Å². The second-order valence-corrected chi connectivity index (χ2v) is 8.59. The number of aromatic nitrogens is 3. The molecule has 0 atom stereocenters. The van der Waals surface area contributed by atoms with Crippen molar-refractivity contribution >= 4 is 57.9 Å². The van der Waals surface area contributed by atoms with E-state index < -0.39 is 0 Å². The highest BCUT2D eigenvalue weighted by molar-refractivity contribution is 7.99. The Kier molecular flexibility index (Phi) is 6.20. The fourth-order valence-corrected chi connectivity index (χ4v) is 4.60. The molecule has 0 aliphatic heterocycles. The number of rotatable bonds is 6. The average molecular weight is 461 g/mol. The van der Waals surface area contributed by atoms with Crippen LogP contribution in [0, 0.1) is 0 Å². The Bertz CT molecular complexity index is 1110. The molecule has 1 amide bonds. The first-order valence-electron chi connectivity index (χ1n) is 8.55. The van der Waals surface area contributed by atoms with E-state index >= 15 is 0 Å². The number of thioether (sulfide) groups is 1. The second kappa shape index (κ2) is 9.00. The number of hydrogen-bond donors (Lipinski definition) is 1. The average Bonchev–Trinajstić information content (AvgIpc) is 3.39. The van der Waals surface area contributed by atoms with Gasteiger partial charge in [0.15, 0.2) is 11.0 Å². The van der Waals surface area contributed by atoms with Crippen LogP contribution in [-0.2, 0) is 4.79 Å². The molecule has 146 valence electrons. The van der Waals surface area contributed by atoms with Crippen LogP contribution in [0.15, 0.2) is 71.2 Å². The Morgan fingerprint density at radius 1 is 1.00 bits per heavy atom. The summed E-state index contributed by atoms with van der Waals surface area (Å²) in [4.78, 5) is 13.5. The molecule has 0 spiro atoms. The van der Waals surface area contributed by atoms with Crippen LogP contribution in [0.1, 0.15) is 0 Å². The van der Waals surface area contributed by atoms with Gasteiger partial charge in [0.1, 0.15) is 0 Å². The van der Waals surface area contributed by atoms with E-state index in [1.807, 2.05) is 52.4 Å². The Balaban J connectivity index is 1.57. The Morgan fingerprint density at radius 2 is 1.76 bits per heavy atom. The number of benzene rings is 2. The topological polar surface area (TPSA) is 59.8 Å². The lowest BCUT2D eigenvalue weighted by molar-refractivity contribution is -0.113. The predicted octanol–water partition coefficient (Wildman–Crippen LogP) is 6.03. The monoisotopic (exact) mass is 460 g/mol. The summed E-state index contributed by atoms with van der Waals surface area (Å²) in [6.07, 6.45) is 0. The Hall–Kier alpha value is -2.32. The molecule has 4 aromatic rings. The van der Waals surface area contributed by atoms with Crippen molar-refractivity contribution in [3.63, 3.8) is 0 Å². The quantitative estimate of drug-likeness (QED) is 0.356. The lowest BCUT2D eigenvalue weighted by Crippen LogP contribution is -2.15. The van der Waals surface area contributed by atoms with E-state index in [0.717, 1.165) is 16.4 Å². The number of amides is 1. The second-order valence-electron chi connectivity index (χ2n) is 5.89. The van der Waals surface area contributed by atoms with Crippen molar-refractivity contribution in [3.05, 3.63) is 76.1 Å². The SMILES string of the molecule is O=C(CSc1nnc(-c2cccs2)n1-c1ccccc1)Nc1c(Cl)cccc1Cl. The van der Waals surface area contributed by atoms with Crippen molar-refractivity contribution in [2.75, 3.05) is 11.1 Å². The first-order valence-corrected chi connectivity index (χ1v) is 11.2. The normalized spacial score (nSPS) is 10.8. The number of thiophene rings is 1. The Morgan fingerprint density at radius 3 is 2.45 bits per heavy atom. The van der Waals surface area contributed by atoms with Crippen LogP contribution in [0.25, 0.3) is 16.4 Å². The van der Waals surface area contributed by atoms with E-state index in [2.05, 4.69) is 15.5 Å². The van der Waals surface area contributed by atoms with Gasteiger partial charge in [0.05, 0.1) is 26.4 Å². The van der Waals surface area contributed by atoms with Crippen molar-refractivity contribution in [2.45, 2.75) is 5.16 Å². The minimum absolute atomic E-state index is 0.136. The number of halogens is 2. The fraction of sp³-hybridized carbons (Fsp3) is 0.0500. The summed E-state index contributed by atoms with van der Waals surface area (Å²) in [5, 5.41) is 14.8. The summed E-state index contributed by atoms with van der Waals surface area (Å²) in [6, 6.07) is 18.9. The summed E-state index contributed by atoms with van der Waals surface area (Å²) >= 11 is 15.1. The highest BCUT2D eigenvalue weighted by Crippen LogP contribution is 2.32. The molecule has 0 aliphatic rings. The van der Waals surface area contributed by atoms with Crippen LogP contribution in [0.4, 0.5) is 5.69 Å². The van der Waals surface area contributed by atoms with Gasteiger partial charge < -0.3 is 5.32 Å². The number of nitrogens with zero attached hydrogens (tertiary/aromatic N) is 3. The summed E-state index contributed by atoms with van der Waals surface area (Å²) in [6.45, 7) is 0. The molecule has 5 nitrogen and oxygen atoms in total. The number of carbonyl (C=O) groups is 1. The zero-order valence-corrected chi connectivity index (χ0v) is 18.0. The molecular formula is C20H14Cl2N4OS2. The van der Waals surface area contributed by atoms with Crippen LogP contribution in [0.2, 0.25) is 10.0 Å². The van der Waals surface area contributed by atoms with Crippen molar-refractivity contribution in [1.82, 2.24) is 14.8 Å². The molecule has 9 heteroatoms. The summed E-state index contributed by atoms with van der Waals surface area (Å²) in [7, 11) is 0. The zero-order chi connectivity index (χ0) is 20.2. The van der Waals surface area contributed by atoms with Gasteiger partial charge in [0.2, 0.25) is 5.91 Å². The van der Waals surface area contributed by atoms with Crippen molar-refractivity contribution < 1.29 is 4.79 Å². The molecule has 2 aromatic heterocycles. The van der Waals surface area contributed by atoms with E-state index in [4.69, 9.17) is 23.2 Å². The van der Waals surface area contributed by atoms with Gasteiger partial charge in [0.25, 0.3) is 0 Å². The molecule has 0 fully saturated rings. The van der Waals surface area contributed by atoms with Gasteiger partial charge in [0, 0.05) is 5.69 Å². The molecule has 0 saturated heterocycles. The third kappa shape index (κ3) is 4.48. The first-order chi connectivity index (χ1) is 14.1. The minimum Gasteiger partial charge on any atom is -0.323 e. The summed E-state index contributed by atoms with van der Waals surface area (Å²) < 4.78 is 1.95. The summed E-state index contributed by atoms with van der Waals surface area (Å²) in [5.41, 5.74) is 1.34. The van der Waals surface area contributed by atoms with Crippen LogP contribution in [-0.4, -0.2) is 26.4 Å². The van der Waals surface area contributed by atoms with Gasteiger partial charge in [-0.1, -0.05) is 65.3 Å². The summed E-state index contributed by atoms with van der Waals surface area (Å²) in [5.74, 6) is 0.644. The van der Waals surface area contributed by atoms with Gasteiger partial charge in [-0.05, 0) is 35.7 Å². The lowest BCUT2D eigenvalue weighted by atomic mass is 10.3. The third-order valence-electron chi connectivity index (χ3n) is 3.95. The zero-order valence-electron chi connectivity index (χ0n) is 14.9. The molecule has 0 bridgehead atoms. The smallest absolute Gasteiger partial charge is 0.234 e. The highest BCUT2D eigenvalue weighted by atomic mass is 35.5. The number of para-hydroxylation sites is 2. The molecule has 29 heavy (non-hydrogen) atoms. The fourth-order valence-electron chi connectivity index (χ4n) is 2.66. The number of nitrogens with one attached hydrogen (secondary N) is 1. The largest absolute Gasteiger partial charge is 0.323 e. The van der Waals surface area contributed by atoms with Crippen LogP contribution in [0.3, 0.4) is 0 Å². The van der Waals surface area contributed by atoms with Gasteiger partial charge in [-0.25, -0.2) is 0 Å². The maximum atomic E-state index is 12.5. The molecule has 4 rings (SSSR count). The van der Waals surface area contributed by atoms with Gasteiger partial charge in [-0.15, -0.1) is 21.5 Å². The molecule has 0 saturated carbocycles. The predicted molar refractivity (Wildman–Crippen MR) is 120 cm³/mol. The molecule has 0 aliphatic carbocycles. The Labute approximate surface area is 185 Å². The maximum Gasteiger partial charge on any atom is 0.234 e. The van der Waals surface area contributed by atoms with Gasteiger partial charge in [-0.3, -0.25) is 9.36 Å². The number of anilines is 1. The third-order valence-corrected chi connectivity index (χ3v) is 6.37. The first kappa shape index (κ1) is 20.0. The van der Waals surface area contributed by atoms with Crippen molar-refractivity contribution in [2.24, 2.45) is 0 Å².